The van der Waals surface area contributed by atoms with Gasteiger partial charge < -0.3 is 30.2 Å². The van der Waals surface area contributed by atoms with Gasteiger partial charge in [0.15, 0.2) is 5.75 Å². The number of carbonyl (C=O) groups excluding carboxylic acids is 3. The molecule has 1 spiro atoms. The highest BCUT2D eigenvalue weighted by molar-refractivity contribution is 6.36. The van der Waals surface area contributed by atoms with Crippen LogP contribution in [0.4, 0.5) is 10.5 Å². The summed E-state index contributed by atoms with van der Waals surface area (Å²) in [6, 6.07) is 10.3. The van der Waals surface area contributed by atoms with Crippen LogP contribution in [0.1, 0.15) is 23.7 Å². The maximum absolute atomic E-state index is 13.5. The fourth-order valence-electron chi connectivity index (χ4n) is 4.35. The van der Waals surface area contributed by atoms with Crippen LogP contribution in [0.5, 0.6) is 17.2 Å². The lowest BCUT2D eigenvalue weighted by Crippen LogP contribution is -2.55. The van der Waals surface area contributed by atoms with Crippen LogP contribution in [-0.2, 0) is 4.79 Å². The highest BCUT2D eigenvalue weighted by Gasteiger charge is 2.60. The Morgan fingerprint density at radius 1 is 1.14 bits per heavy atom. The number of rotatable bonds is 7. The lowest BCUT2D eigenvalue weighted by molar-refractivity contribution is -0.129. The lowest BCUT2D eigenvalue weighted by atomic mass is 9.74. The van der Waals surface area contributed by atoms with Crippen molar-refractivity contribution in [2.75, 3.05) is 32.6 Å². The van der Waals surface area contributed by atoms with Crippen molar-refractivity contribution < 1.29 is 28.6 Å². The summed E-state index contributed by atoms with van der Waals surface area (Å²) >= 11 is 6.40. The number of nitrogens with one attached hydrogen (secondary N) is 3. The minimum atomic E-state index is -1.72. The van der Waals surface area contributed by atoms with Gasteiger partial charge in [0, 0.05) is 42.5 Å². The number of carbonyl (C=O) groups is 3. The summed E-state index contributed by atoms with van der Waals surface area (Å²) in [5.41, 5.74) is -0.238. The first-order valence-corrected chi connectivity index (χ1v) is 11.5. The number of benzene rings is 2. The number of hydrogen-bond donors (Lipinski definition) is 3. The maximum Gasteiger partial charge on any atom is 0.319 e. The zero-order chi connectivity index (χ0) is 25.2. The third kappa shape index (κ3) is 4.39. The van der Waals surface area contributed by atoms with Crippen LogP contribution in [0.15, 0.2) is 48.2 Å². The lowest BCUT2D eigenvalue weighted by Gasteiger charge is -2.35. The normalized spacial score (nSPS) is 20.6. The molecule has 2 aliphatic rings. The van der Waals surface area contributed by atoms with Crippen LogP contribution in [0.2, 0.25) is 5.02 Å². The van der Waals surface area contributed by atoms with Crippen LogP contribution in [-0.4, -0.2) is 50.5 Å². The minimum Gasteiger partial charge on any atom is -0.496 e. The highest BCUT2D eigenvalue weighted by atomic mass is 35.5. The number of fused-ring (bicyclic) bond motifs is 1. The summed E-state index contributed by atoms with van der Waals surface area (Å²) in [5.74, 6) is -0.844. The fraction of sp³-hybridized carbons (Fsp3) is 0.320. The Labute approximate surface area is 207 Å². The molecule has 0 radical (unpaired) electrons. The summed E-state index contributed by atoms with van der Waals surface area (Å²) < 4.78 is 16.6. The zero-order valence-electron chi connectivity index (χ0n) is 19.6. The van der Waals surface area contributed by atoms with Gasteiger partial charge in [0.1, 0.15) is 22.1 Å². The number of allylic oxidation sites excluding steroid dienone is 1. The Kier molecular flexibility index (Phi) is 6.88. The van der Waals surface area contributed by atoms with Crippen LogP contribution in [0, 0.1) is 5.92 Å². The second kappa shape index (κ2) is 9.87. The van der Waals surface area contributed by atoms with E-state index in [2.05, 4.69) is 16.0 Å². The number of para-hydroxylation sites is 1. The van der Waals surface area contributed by atoms with E-state index >= 15 is 0 Å². The predicted molar refractivity (Wildman–Crippen MR) is 131 cm³/mol. The summed E-state index contributed by atoms with van der Waals surface area (Å²) in [6.07, 6.45) is 1.77. The molecular weight excluding hydrogens is 474 g/mol. The average Bonchev–Trinajstić information content (AvgIpc) is 3.16. The first kappa shape index (κ1) is 24.4. The van der Waals surface area contributed by atoms with Gasteiger partial charge in [0.2, 0.25) is 17.2 Å². The van der Waals surface area contributed by atoms with Crippen molar-refractivity contribution in [2.24, 2.45) is 5.92 Å². The van der Waals surface area contributed by atoms with Gasteiger partial charge >= 0.3 is 6.03 Å². The van der Waals surface area contributed by atoms with Gasteiger partial charge in [-0.2, -0.15) is 0 Å². The van der Waals surface area contributed by atoms with E-state index in [0.29, 0.717) is 30.9 Å². The Bertz CT molecular complexity index is 1200. The molecule has 2 unspecified atom stereocenters. The number of methoxy groups -OCH3 is 2. The largest absolute Gasteiger partial charge is 0.496 e. The van der Waals surface area contributed by atoms with Crippen molar-refractivity contribution in [3.8, 4) is 17.2 Å². The molecule has 35 heavy (non-hydrogen) atoms. The predicted octanol–water partition coefficient (Wildman–Crippen LogP) is 3.58. The minimum absolute atomic E-state index is 0.0894. The topological polar surface area (TPSA) is 115 Å². The molecule has 3 N–H and O–H groups in total. The quantitative estimate of drug-likeness (QED) is 0.394. The Morgan fingerprint density at radius 2 is 1.86 bits per heavy atom. The number of anilines is 1. The molecule has 1 aliphatic heterocycles. The summed E-state index contributed by atoms with van der Waals surface area (Å²) in [6.45, 7) is 2.50. The van der Waals surface area contributed by atoms with Crippen molar-refractivity contribution >= 4 is 34.9 Å². The summed E-state index contributed by atoms with van der Waals surface area (Å²) in [7, 11) is 2.86. The molecule has 0 saturated carbocycles. The van der Waals surface area contributed by atoms with Gasteiger partial charge in [0.25, 0.3) is 0 Å². The van der Waals surface area contributed by atoms with E-state index in [4.69, 9.17) is 25.8 Å². The van der Waals surface area contributed by atoms with E-state index in [1.807, 2.05) is 18.2 Å². The smallest absolute Gasteiger partial charge is 0.319 e. The molecule has 1 aliphatic carbocycles. The molecule has 0 fully saturated rings. The van der Waals surface area contributed by atoms with E-state index in [0.717, 1.165) is 0 Å². The standard InChI is InChI=1S/C25H26ClN3O6/c1-14-11-16(27-9-10-28-24(32)29-15-7-5-4-6-8-15)12-19(30)25(14)23(31)20-17(33-2)13-18(34-3)21(26)22(20)35-25/h4-8,12-14,27H,9-11H2,1-3H3,(H2,28,29,32). The van der Waals surface area contributed by atoms with Crippen LogP contribution < -0.4 is 30.2 Å². The van der Waals surface area contributed by atoms with E-state index < -0.39 is 23.1 Å². The maximum atomic E-state index is 13.5. The van der Waals surface area contributed by atoms with Crippen molar-refractivity contribution in [1.82, 2.24) is 10.6 Å². The molecule has 10 heteroatoms. The van der Waals surface area contributed by atoms with Crippen molar-refractivity contribution in [2.45, 2.75) is 18.9 Å². The number of Topliss-reactive ketones (excluding diaryl/α,β-unsaturated/α-hetero) is 1. The summed E-state index contributed by atoms with van der Waals surface area (Å²) in [5, 5.41) is 8.75. The highest BCUT2D eigenvalue weighted by Crippen LogP contribution is 2.52. The van der Waals surface area contributed by atoms with Gasteiger partial charge in [-0.05, 0) is 18.6 Å². The molecule has 2 aromatic carbocycles. The average molecular weight is 500 g/mol. The third-order valence-corrected chi connectivity index (χ3v) is 6.46. The molecule has 0 aromatic heterocycles. The first-order valence-electron chi connectivity index (χ1n) is 11.1. The van der Waals surface area contributed by atoms with Gasteiger partial charge in [-0.3, -0.25) is 9.59 Å². The van der Waals surface area contributed by atoms with E-state index in [1.165, 1.54) is 26.4 Å². The Balaban J connectivity index is 1.42. The monoisotopic (exact) mass is 499 g/mol. The molecule has 184 valence electrons. The van der Waals surface area contributed by atoms with Gasteiger partial charge in [-0.15, -0.1) is 0 Å². The first-order chi connectivity index (χ1) is 16.8. The molecular formula is C25H26ClN3O6. The summed E-state index contributed by atoms with van der Waals surface area (Å²) in [4.78, 5) is 38.8. The van der Waals surface area contributed by atoms with Gasteiger partial charge in [-0.25, -0.2) is 4.79 Å². The van der Waals surface area contributed by atoms with E-state index in [9.17, 15) is 14.4 Å². The molecule has 0 saturated heterocycles. The number of hydrogen-bond acceptors (Lipinski definition) is 7. The van der Waals surface area contributed by atoms with Gasteiger partial charge in [0.05, 0.1) is 14.2 Å². The second-order valence-electron chi connectivity index (χ2n) is 8.28. The molecule has 4 rings (SSSR count). The third-order valence-electron chi connectivity index (χ3n) is 6.10. The van der Waals surface area contributed by atoms with E-state index in [-0.39, 0.29) is 33.9 Å². The Hall–Kier alpha value is -3.72. The van der Waals surface area contributed by atoms with E-state index in [1.54, 1.807) is 19.1 Å². The molecule has 2 atom stereocenters. The molecule has 1 heterocycles. The van der Waals surface area contributed by atoms with Crippen molar-refractivity contribution in [3.63, 3.8) is 0 Å². The second-order valence-corrected chi connectivity index (χ2v) is 8.66. The van der Waals surface area contributed by atoms with Crippen LogP contribution in [0.3, 0.4) is 0 Å². The molecule has 2 amide bonds. The SMILES string of the molecule is COc1cc(OC)c2c(c1Cl)OC1(C(=O)C=C(NCCNC(=O)Nc3ccccc3)CC1C)C2=O. The number of ether oxygens (including phenoxy) is 3. The van der Waals surface area contributed by atoms with Crippen molar-refractivity contribution in [3.05, 3.63) is 58.8 Å². The van der Waals surface area contributed by atoms with Crippen molar-refractivity contribution in [1.29, 1.82) is 0 Å². The van der Waals surface area contributed by atoms with Crippen LogP contribution in [0.25, 0.3) is 0 Å². The zero-order valence-corrected chi connectivity index (χ0v) is 20.3. The van der Waals surface area contributed by atoms with Crippen LogP contribution >= 0.6 is 11.6 Å². The molecule has 2 aromatic rings. The number of ketones is 2. The molecule has 9 nitrogen and oxygen atoms in total. The number of amides is 2. The molecule has 0 bridgehead atoms. The Morgan fingerprint density at radius 3 is 2.51 bits per heavy atom. The number of urea groups is 1. The fourth-order valence-corrected chi connectivity index (χ4v) is 4.61. The van der Waals surface area contributed by atoms with Gasteiger partial charge in [-0.1, -0.05) is 36.7 Å². The number of halogens is 1.